The molecule has 2 heterocycles. The summed E-state index contributed by atoms with van der Waals surface area (Å²) in [6.07, 6.45) is 0.253. The number of nitrogens with zero attached hydrogens (tertiary/aromatic N) is 2. The molecule has 0 saturated carbocycles. The topological polar surface area (TPSA) is 24.8 Å². The van der Waals surface area contributed by atoms with E-state index in [-0.39, 0.29) is 11.9 Å². The fourth-order valence-electron chi connectivity index (χ4n) is 3.86. The molecule has 0 unspecified atom stereocenters. The van der Waals surface area contributed by atoms with Crippen LogP contribution in [-0.4, -0.2) is 10.7 Å². The molecule has 28 heavy (non-hydrogen) atoms. The van der Waals surface area contributed by atoms with E-state index < -0.39 is 6.23 Å². The van der Waals surface area contributed by atoms with Crippen molar-refractivity contribution in [3.8, 4) is 5.75 Å². The fraction of sp³-hybridized carbons (Fsp3) is 0.174. The Balaban J connectivity index is 1.61. The molecule has 0 saturated heterocycles. The van der Waals surface area contributed by atoms with Crippen LogP contribution in [0, 0.1) is 12.7 Å². The van der Waals surface area contributed by atoms with Crippen molar-refractivity contribution in [1.82, 2.24) is 5.01 Å². The Bertz CT molecular complexity index is 1080. The second-order valence-corrected chi connectivity index (χ2v) is 7.66. The van der Waals surface area contributed by atoms with E-state index in [9.17, 15) is 4.39 Å². The SMILES string of the molecule is Cc1ccc(C2=NN3[C@H](C2)c2cc(Cl)ccc2O[C@@H]3c2cccc(F)c2)cc1. The monoisotopic (exact) mass is 392 g/mol. The zero-order chi connectivity index (χ0) is 19.3. The third kappa shape index (κ3) is 2.94. The molecule has 5 rings (SSSR count). The molecule has 140 valence electrons. The van der Waals surface area contributed by atoms with E-state index in [0.29, 0.717) is 5.02 Å². The first-order valence-corrected chi connectivity index (χ1v) is 9.61. The van der Waals surface area contributed by atoms with Crippen molar-refractivity contribution < 1.29 is 9.13 Å². The van der Waals surface area contributed by atoms with Crippen LogP contribution in [-0.2, 0) is 0 Å². The van der Waals surface area contributed by atoms with Gasteiger partial charge in [0.2, 0.25) is 6.23 Å². The maximum atomic E-state index is 13.9. The van der Waals surface area contributed by atoms with E-state index >= 15 is 0 Å². The van der Waals surface area contributed by atoms with Gasteiger partial charge in [-0.3, -0.25) is 0 Å². The highest BCUT2D eigenvalue weighted by Gasteiger charge is 2.41. The van der Waals surface area contributed by atoms with Gasteiger partial charge in [0.05, 0.1) is 11.8 Å². The van der Waals surface area contributed by atoms with Gasteiger partial charge in [0.15, 0.2) is 0 Å². The minimum Gasteiger partial charge on any atom is -0.464 e. The second kappa shape index (κ2) is 6.64. The van der Waals surface area contributed by atoms with E-state index in [0.717, 1.165) is 34.6 Å². The quantitative estimate of drug-likeness (QED) is 0.532. The predicted octanol–water partition coefficient (Wildman–Crippen LogP) is 6.03. The van der Waals surface area contributed by atoms with Crippen LogP contribution < -0.4 is 4.74 Å². The fourth-order valence-corrected chi connectivity index (χ4v) is 4.04. The highest BCUT2D eigenvalue weighted by atomic mass is 35.5. The highest BCUT2D eigenvalue weighted by Crippen LogP contribution is 2.48. The van der Waals surface area contributed by atoms with Crippen LogP contribution in [0.3, 0.4) is 0 Å². The third-order valence-electron chi connectivity index (χ3n) is 5.27. The Morgan fingerprint density at radius 2 is 1.89 bits per heavy atom. The molecule has 0 bridgehead atoms. The number of rotatable bonds is 2. The predicted molar refractivity (Wildman–Crippen MR) is 108 cm³/mol. The highest BCUT2D eigenvalue weighted by molar-refractivity contribution is 6.30. The lowest BCUT2D eigenvalue weighted by Gasteiger charge is -2.38. The zero-order valence-corrected chi connectivity index (χ0v) is 16.0. The summed E-state index contributed by atoms with van der Waals surface area (Å²) in [7, 11) is 0. The van der Waals surface area contributed by atoms with Crippen molar-refractivity contribution in [3.63, 3.8) is 0 Å². The molecule has 2 atom stereocenters. The van der Waals surface area contributed by atoms with Crippen LogP contribution >= 0.6 is 11.6 Å². The number of aryl methyl sites for hydroxylation is 1. The first-order valence-electron chi connectivity index (χ1n) is 9.23. The van der Waals surface area contributed by atoms with Gasteiger partial charge in [-0.25, -0.2) is 9.40 Å². The Morgan fingerprint density at radius 1 is 1.07 bits per heavy atom. The summed E-state index contributed by atoms with van der Waals surface area (Å²) in [5.74, 6) is 0.474. The maximum absolute atomic E-state index is 13.9. The molecular weight excluding hydrogens is 375 g/mol. The molecule has 5 heteroatoms. The lowest BCUT2D eigenvalue weighted by Crippen LogP contribution is -2.33. The summed E-state index contributed by atoms with van der Waals surface area (Å²) in [4.78, 5) is 0. The number of ether oxygens (including phenoxy) is 1. The molecule has 2 aliphatic rings. The lowest BCUT2D eigenvalue weighted by atomic mass is 9.95. The van der Waals surface area contributed by atoms with Crippen molar-refractivity contribution in [1.29, 1.82) is 0 Å². The van der Waals surface area contributed by atoms with Crippen molar-refractivity contribution in [2.75, 3.05) is 0 Å². The first kappa shape index (κ1) is 17.3. The average Bonchev–Trinajstić information content (AvgIpc) is 3.14. The first-order chi connectivity index (χ1) is 13.6. The van der Waals surface area contributed by atoms with Gasteiger partial charge >= 0.3 is 0 Å². The summed E-state index contributed by atoms with van der Waals surface area (Å²) in [5.41, 5.74) is 5.02. The molecule has 0 amide bonds. The van der Waals surface area contributed by atoms with Crippen molar-refractivity contribution in [2.24, 2.45) is 5.10 Å². The summed E-state index contributed by atoms with van der Waals surface area (Å²) < 4.78 is 20.1. The Kier molecular flexibility index (Phi) is 4.09. The Morgan fingerprint density at radius 3 is 2.68 bits per heavy atom. The Labute approximate surface area is 168 Å². The van der Waals surface area contributed by atoms with Crippen molar-refractivity contribution >= 4 is 17.3 Å². The van der Waals surface area contributed by atoms with Crippen molar-refractivity contribution in [3.05, 3.63) is 99.8 Å². The van der Waals surface area contributed by atoms with Gasteiger partial charge in [-0.1, -0.05) is 53.6 Å². The van der Waals surface area contributed by atoms with Crippen LogP contribution in [0.25, 0.3) is 0 Å². The van der Waals surface area contributed by atoms with Gasteiger partial charge in [-0.05, 0) is 42.8 Å². The third-order valence-corrected chi connectivity index (χ3v) is 5.51. The van der Waals surface area contributed by atoms with Gasteiger partial charge < -0.3 is 4.74 Å². The summed E-state index contributed by atoms with van der Waals surface area (Å²) in [5, 5.41) is 7.48. The van der Waals surface area contributed by atoms with Gasteiger partial charge in [0, 0.05) is 22.6 Å². The van der Waals surface area contributed by atoms with E-state index in [1.54, 1.807) is 6.07 Å². The van der Waals surface area contributed by atoms with E-state index in [1.165, 1.54) is 17.7 Å². The largest absolute Gasteiger partial charge is 0.464 e. The molecule has 0 fully saturated rings. The normalized spacial score (nSPS) is 20.2. The maximum Gasteiger partial charge on any atom is 0.213 e. The molecule has 0 spiro atoms. The van der Waals surface area contributed by atoms with Gasteiger partial charge in [0.1, 0.15) is 11.6 Å². The molecule has 2 aliphatic heterocycles. The molecule has 0 N–H and O–H groups in total. The van der Waals surface area contributed by atoms with E-state index in [4.69, 9.17) is 21.4 Å². The van der Waals surface area contributed by atoms with Crippen LogP contribution in [0.4, 0.5) is 4.39 Å². The summed E-state index contributed by atoms with van der Waals surface area (Å²) >= 11 is 6.25. The molecule has 3 aromatic rings. The number of hydrogen-bond donors (Lipinski definition) is 0. The molecule has 3 nitrogen and oxygen atoms in total. The Hall–Kier alpha value is -2.85. The van der Waals surface area contributed by atoms with Gasteiger partial charge in [0.25, 0.3) is 0 Å². The lowest BCUT2D eigenvalue weighted by molar-refractivity contribution is -0.0192. The molecular formula is C23H18ClFN2O. The van der Waals surface area contributed by atoms with Crippen molar-refractivity contribution in [2.45, 2.75) is 25.6 Å². The average molecular weight is 393 g/mol. The number of hydrazone groups is 1. The zero-order valence-electron chi connectivity index (χ0n) is 15.3. The van der Waals surface area contributed by atoms with Crippen LogP contribution in [0.5, 0.6) is 5.75 Å². The molecule has 0 aliphatic carbocycles. The molecule has 0 radical (unpaired) electrons. The second-order valence-electron chi connectivity index (χ2n) is 7.22. The minimum atomic E-state index is -0.489. The molecule has 0 aromatic heterocycles. The van der Waals surface area contributed by atoms with Crippen LogP contribution in [0.2, 0.25) is 5.02 Å². The number of fused-ring (bicyclic) bond motifs is 3. The number of hydrogen-bond acceptors (Lipinski definition) is 3. The van der Waals surface area contributed by atoms with Gasteiger partial charge in [-0.2, -0.15) is 5.10 Å². The van der Waals surface area contributed by atoms with Crippen LogP contribution in [0.1, 0.15) is 40.9 Å². The number of benzene rings is 3. The smallest absolute Gasteiger partial charge is 0.213 e. The summed E-state index contributed by atoms with van der Waals surface area (Å²) in [6, 6.07) is 20.5. The minimum absolute atomic E-state index is 0.00739. The van der Waals surface area contributed by atoms with E-state index in [2.05, 4.69) is 31.2 Å². The van der Waals surface area contributed by atoms with E-state index in [1.807, 2.05) is 29.3 Å². The van der Waals surface area contributed by atoms with Gasteiger partial charge in [-0.15, -0.1) is 0 Å². The summed E-state index contributed by atoms with van der Waals surface area (Å²) in [6.45, 7) is 2.07. The number of halogens is 2. The van der Waals surface area contributed by atoms with Crippen LogP contribution in [0.15, 0.2) is 71.8 Å². The molecule has 3 aromatic carbocycles. The standard InChI is InChI=1S/C23H18ClFN2O/c1-14-5-7-15(8-6-14)20-13-21-19-12-17(24)9-10-22(19)28-23(27(21)26-20)16-3-2-4-18(25)11-16/h2-12,21,23H,13H2,1H3/t21-,23-/m1/s1.